The molecule has 0 unspecified atom stereocenters. The third kappa shape index (κ3) is 19.3. The van der Waals surface area contributed by atoms with E-state index in [1.54, 1.807) is 0 Å². The number of unbranched alkanes of at least 4 members (excludes halogenated alkanes) is 8. The minimum atomic E-state index is 0.607. The van der Waals surface area contributed by atoms with Gasteiger partial charge in [0.2, 0.25) is 0 Å². The number of rotatable bonds is 30. The minimum Gasteiger partial charge on any atom is -0.493 e. The molecule has 3 heteroatoms. The van der Waals surface area contributed by atoms with Gasteiger partial charge in [0.1, 0.15) is 11.5 Å². The van der Waals surface area contributed by atoms with Gasteiger partial charge in [-0.05, 0) is 171 Å². The molecule has 2 aromatic carbocycles. The van der Waals surface area contributed by atoms with E-state index in [4.69, 9.17) is 14.2 Å². The van der Waals surface area contributed by atoms with Gasteiger partial charge in [-0.3, -0.25) is 0 Å². The first-order valence-electron chi connectivity index (χ1n) is 29.5. The van der Waals surface area contributed by atoms with E-state index in [9.17, 15) is 0 Å². The van der Waals surface area contributed by atoms with Crippen LogP contribution in [-0.2, 0) is 4.74 Å². The molecule has 6 rings (SSSR count). The Hall–Kier alpha value is -2.52. The van der Waals surface area contributed by atoms with Crippen LogP contribution in [0.15, 0.2) is 60.7 Å². The molecule has 0 spiro atoms. The summed E-state index contributed by atoms with van der Waals surface area (Å²) in [6.45, 7) is 12.4. The molecule has 0 aliphatic heterocycles. The molecule has 0 amide bonds. The third-order valence-electron chi connectivity index (χ3n) is 17.6. The zero-order valence-corrected chi connectivity index (χ0v) is 44.1. The van der Waals surface area contributed by atoms with Gasteiger partial charge in [-0.25, -0.2) is 0 Å². The predicted octanol–water partition coefficient (Wildman–Crippen LogP) is 19.5. The van der Waals surface area contributed by atoms with Crippen LogP contribution >= 0.6 is 0 Å². The van der Waals surface area contributed by atoms with E-state index >= 15 is 0 Å². The Labute approximate surface area is 413 Å². The first-order valence-corrected chi connectivity index (χ1v) is 29.5. The van der Waals surface area contributed by atoms with Crippen molar-refractivity contribution in [3.8, 4) is 11.5 Å². The lowest BCUT2D eigenvalue weighted by atomic mass is 9.75. The van der Waals surface area contributed by atoms with E-state index in [-0.39, 0.29) is 0 Å². The zero-order chi connectivity index (χ0) is 46.7. The summed E-state index contributed by atoms with van der Waals surface area (Å²) in [5, 5.41) is 0. The quantitative estimate of drug-likeness (QED) is 0.0731. The van der Waals surface area contributed by atoms with E-state index in [2.05, 4.69) is 88.4 Å². The fourth-order valence-corrected chi connectivity index (χ4v) is 13.0. The van der Waals surface area contributed by atoms with Crippen LogP contribution in [0.2, 0.25) is 0 Å². The lowest BCUT2D eigenvalue weighted by Gasteiger charge is -2.31. The Balaban J connectivity index is 1.06. The van der Waals surface area contributed by atoms with Gasteiger partial charge in [-0.15, -0.1) is 0 Å². The van der Waals surface area contributed by atoms with Crippen LogP contribution in [0, 0.1) is 47.3 Å². The molecular weight excluding hydrogens is 817 g/mol. The van der Waals surface area contributed by atoms with Gasteiger partial charge in [0.05, 0.1) is 26.4 Å². The number of ether oxygens (including phenoxy) is 3. The Morgan fingerprint density at radius 2 is 0.657 bits per heavy atom. The van der Waals surface area contributed by atoms with Gasteiger partial charge < -0.3 is 14.2 Å². The Morgan fingerprint density at radius 1 is 0.373 bits per heavy atom. The average Bonchev–Trinajstić information content (AvgIpc) is 3.37. The van der Waals surface area contributed by atoms with Crippen molar-refractivity contribution in [2.24, 2.45) is 47.3 Å². The maximum atomic E-state index is 6.62. The molecule has 0 N–H and O–H groups in total. The molecule has 4 fully saturated rings. The highest BCUT2D eigenvalue weighted by molar-refractivity contribution is 5.69. The van der Waals surface area contributed by atoms with Crippen LogP contribution in [0.4, 0.5) is 0 Å². The lowest BCUT2D eigenvalue weighted by Crippen LogP contribution is -2.20. The van der Waals surface area contributed by atoms with Crippen molar-refractivity contribution in [1.82, 2.24) is 0 Å². The van der Waals surface area contributed by atoms with Crippen LogP contribution in [0.25, 0.3) is 11.1 Å². The minimum absolute atomic E-state index is 0.607. The second kappa shape index (κ2) is 31.7. The van der Waals surface area contributed by atoms with Crippen LogP contribution in [0.1, 0.15) is 244 Å². The normalized spacial score (nSPS) is 26.4. The number of allylic oxidation sites excluding steroid dienone is 2. The molecule has 0 atom stereocenters. The molecule has 0 radical (unpaired) electrons. The van der Waals surface area contributed by atoms with Crippen molar-refractivity contribution in [3.63, 3.8) is 0 Å². The molecule has 0 saturated heterocycles. The summed E-state index contributed by atoms with van der Waals surface area (Å²) in [5.74, 6) is 8.41. The van der Waals surface area contributed by atoms with Crippen molar-refractivity contribution >= 4 is 11.1 Å². The number of hydrogen-bond acceptors (Lipinski definition) is 3. The monoisotopic (exact) mass is 919 g/mol. The summed E-state index contributed by atoms with van der Waals surface area (Å²) < 4.78 is 19.6. The molecule has 4 aliphatic carbocycles. The van der Waals surface area contributed by atoms with E-state index in [1.807, 2.05) is 0 Å². The van der Waals surface area contributed by atoms with Crippen LogP contribution in [0.5, 0.6) is 11.5 Å². The summed E-state index contributed by atoms with van der Waals surface area (Å²) in [6, 6.07) is 18.4. The standard InChI is InChI=1S/C64H102O3/c1-5-9-13-17-51-21-25-55(26-22-51)49-66-61-41-37-59(38-42-61)63(57-33-29-53(30-34-57)19-15-11-7-3)45-47-65-48-46-64(58-35-31-54(32-36-58)20-16-12-8-4)60-39-43-62(44-40-60)67-50-56-27-23-52(24-28-56)18-14-10-6-2/h37-46,51-58H,5-36,47-50H2,1-4H3. The zero-order valence-electron chi connectivity index (χ0n) is 44.1. The summed E-state index contributed by atoms with van der Waals surface area (Å²) in [7, 11) is 0. The van der Waals surface area contributed by atoms with Crippen molar-refractivity contribution in [3.05, 3.63) is 71.8 Å². The highest BCUT2D eigenvalue weighted by Crippen LogP contribution is 2.42. The molecular formula is C64H102O3. The van der Waals surface area contributed by atoms with Crippen LogP contribution in [0.3, 0.4) is 0 Å². The lowest BCUT2D eigenvalue weighted by molar-refractivity contribution is 0.177. The largest absolute Gasteiger partial charge is 0.493 e. The van der Waals surface area contributed by atoms with Gasteiger partial charge in [0.25, 0.3) is 0 Å². The molecule has 2 aromatic rings. The Morgan fingerprint density at radius 3 is 0.955 bits per heavy atom. The molecule has 4 saturated carbocycles. The van der Waals surface area contributed by atoms with E-state index in [0.29, 0.717) is 36.9 Å². The summed E-state index contributed by atoms with van der Waals surface area (Å²) in [5.41, 5.74) is 5.73. The predicted molar refractivity (Wildman–Crippen MR) is 289 cm³/mol. The van der Waals surface area contributed by atoms with Crippen LogP contribution < -0.4 is 9.47 Å². The maximum absolute atomic E-state index is 6.62. The van der Waals surface area contributed by atoms with Gasteiger partial charge >= 0.3 is 0 Å². The first kappa shape index (κ1) is 53.8. The Kier molecular flexibility index (Phi) is 25.4. The molecule has 3 nitrogen and oxygen atoms in total. The van der Waals surface area contributed by atoms with Gasteiger partial charge in [-0.1, -0.05) is 193 Å². The highest BCUT2D eigenvalue weighted by Gasteiger charge is 2.27. The summed E-state index contributed by atoms with van der Waals surface area (Å²) in [4.78, 5) is 0. The molecule has 0 bridgehead atoms. The smallest absolute Gasteiger partial charge is 0.119 e. The molecule has 376 valence electrons. The maximum Gasteiger partial charge on any atom is 0.119 e. The topological polar surface area (TPSA) is 27.7 Å². The van der Waals surface area contributed by atoms with Crippen molar-refractivity contribution in [1.29, 1.82) is 0 Å². The molecule has 0 heterocycles. The van der Waals surface area contributed by atoms with Gasteiger partial charge in [0.15, 0.2) is 0 Å². The second-order valence-electron chi connectivity index (χ2n) is 22.7. The fourth-order valence-electron chi connectivity index (χ4n) is 13.0. The second-order valence-corrected chi connectivity index (χ2v) is 22.7. The van der Waals surface area contributed by atoms with Crippen LogP contribution in [-0.4, -0.2) is 26.4 Å². The highest BCUT2D eigenvalue weighted by atomic mass is 16.5. The third-order valence-corrected chi connectivity index (χ3v) is 17.6. The van der Waals surface area contributed by atoms with Gasteiger partial charge in [0, 0.05) is 0 Å². The van der Waals surface area contributed by atoms with E-state index < -0.39 is 0 Å². The summed E-state index contributed by atoms with van der Waals surface area (Å²) >= 11 is 0. The van der Waals surface area contributed by atoms with Crippen molar-refractivity contribution in [2.75, 3.05) is 26.4 Å². The van der Waals surface area contributed by atoms with Crippen molar-refractivity contribution in [2.45, 2.75) is 233 Å². The van der Waals surface area contributed by atoms with Crippen molar-refractivity contribution < 1.29 is 14.2 Å². The number of benzene rings is 2. The van der Waals surface area contributed by atoms with E-state index in [0.717, 1.165) is 48.4 Å². The SMILES string of the molecule is CCCCCC1CCC(COc2ccc(C(=CCOCC=C(c3ccc(OCC4CCC(CCCCC)CC4)cc3)C3CCC(CCCCC)CC3)C3CCC(CCCCC)CC3)cc2)CC1. The summed E-state index contributed by atoms with van der Waals surface area (Å²) in [6.07, 6.45) is 48.7. The first-order chi connectivity index (χ1) is 33.0. The molecule has 0 aromatic heterocycles. The molecule has 67 heavy (non-hydrogen) atoms. The average molecular weight is 920 g/mol. The van der Waals surface area contributed by atoms with Gasteiger partial charge in [-0.2, -0.15) is 0 Å². The number of hydrogen-bond donors (Lipinski definition) is 0. The Bertz CT molecular complexity index is 1480. The molecule has 4 aliphatic rings. The van der Waals surface area contributed by atoms with E-state index in [1.165, 1.54) is 228 Å². The fraction of sp³-hybridized carbons (Fsp3) is 0.750.